The molecular formula is C28H25BClN3O4. The smallest absolute Gasteiger partial charge is 0.460 e. The fourth-order valence-electron chi connectivity index (χ4n) is 4.98. The van der Waals surface area contributed by atoms with Crippen molar-refractivity contribution in [2.45, 2.75) is 45.6 Å². The number of anilines is 1. The molecule has 2 aromatic carbocycles. The molecular weight excluding hydrogens is 489 g/mol. The van der Waals surface area contributed by atoms with Gasteiger partial charge >= 0.3 is 7.12 Å². The van der Waals surface area contributed by atoms with Crippen LogP contribution in [0.1, 0.15) is 59.7 Å². The molecule has 1 atom stereocenters. The van der Waals surface area contributed by atoms with Gasteiger partial charge in [-0.3, -0.25) is 4.79 Å². The van der Waals surface area contributed by atoms with E-state index in [2.05, 4.69) is 21.5 Å². The molecule has 2 aliphatic rings. The molecule has 0 radical (unpaired) electrons. The molecule has 2 N–H and O–H groups in total. The van der Waals surface area contributed by atoms with Crippen molar-refractivity contribution < 1.29 is 14.2 Å². The maximum absolute atomic E-state index is 13.2. The highest BCUT2D eigenvalue weighted by molar-refractivity contribution is 6.62. The molecule has 9 heteroatoms. The summed E-state index contributed by atoms with van der Waals surface area (Å²) in [7, 11) is -1.10. The quantitative estimate of drug-likeness (QED) is 0.280. The lowest BCUT2D eigenvalue weighted by Crippen LogP contribution is -2.37. The van der Waals surface area contributed by atoms with Crippen LogP contribution >= 0.6 is 11.6 Å². The van der Waals surface area contributed by atoms with Crippen molar-refractivity contribution in [2.75, 3.05) is 5.32 Å². The lowest BCUT2D eigenvalue weighted by Gasteiger charge is -2.21. The van der Waals surface area contributed by atoms with Crippen molar-refractivity contribution in [3.8, 4) is 11.3 Å². The number of aromatic nitrogens is 1. The Bertz CT molecular complexity index is 1650. The molecule has 7 nitrogen and oxygen atoms in total. The van der Waals surface area contributed by atoms with Crippen LogP contribution in [-0.4, -0.2) is 23.3 Å². The predicted octanol–water partition coefficient (Wildman–Crippen LogP) is 5.23. The zero-order valence-electron chi connectivity index (χ0n) is 20.7. The Kier molecular flexibility index (Phi) is 5.81. The fraction of sp³-hybridized carbons (Fsp3) is 0.250. The first-order valence-corrected chi connectivity index (χ1v) is 12.7. The van der Waals surface area contributed by atoms with E-state index in [-0.39, 0.29) is 11.5 Å². The molecule has 3 heterocycles. The second kappa shape index (κ2) is 9.05. The minimum Gasteiger partial charge on any atom is -0.460 e. The SMILES string of the molecule is Cc1cc([C@@H](C)Nc2ccc(Cl)nc2-c2ccc3c(c2)C=NOB3O)c2oc(C3CC3)c(C)c(=O)c2c1. The van der Waals surface area contributed by atoms with Crippen LogP contribution in [0.15, 0.2) is 56.8 Å². The van der Waals surface area contributed by atoms with Crippen LogP contribution < -0.4 is 16.2 Å². The van der Waals surface area contributed by atoms with Gasteiger partial charge in [0.25, 0.3) is 0 Å². The van der Waals surface area contributed by atoms with E-state index < -0.39 is 7.12 Å². The van der Waals surface area contributed by atoms with Crippen molar-refractivity contribution in [1.29, 1.82) is 0 Å². The Balaban J connectivity index is 1.43. The number of nitrogens with zero attached hydrogens (tertiary/aromatic N) is 2. The van der Waals surface area contributed by atoms with Crippen LogP contribution in [0, 0.1) is 13.8 Å². The number of oxime groups is 1. The van der Waals surface area contributed by atoms with Gasteiger partial charge in [0.15, 0.2) is 5.43 Å². The molecule has 4 aromatic rings. The third-order valence-corrected chi connectivity index (χ3v) is 7.27. The average molecular weight is 514 g/mol. The second-order valence-electron chi connectivity index (χ2n) is 9.86. The zero-order valence-corrected chi connectivity index (χ0v) is 21.5. The number of pyridine rings is 1. The van der Waals surface area contributed by atoms with Gasteiger partial charge in [-0.15, -0.1) is 5.16 Å². The van der Waals surface area contributed by atoms with Gasteiger partial charge < -0.3 is 19.5 Å². The van der Waals surface area contributed by atoms with Gasteiger partial charge in [0, 0.05) is 28.1 Å². The van der Waals surface area contributed by atoms with Gasteiger partial charge in [-0.2, -0.15) is 0 Å². The zero-order chi connectivity index (χ0) is 25.8. The largest absolute Gasteiger partial charge is 0.583 e. The lowest BCUT2D eigenvalue weighted by molar-refractivity contribution is 0.286. The number of hydrogen-bond acceptors (Lipinski definition) is 7. The highest BCUT2D eigenvalue weighted by Crippen LogP contribution is 2.42. The van der Waals surface area contributed by atoms with E-state index in [1.165, 1.54) is 0 Å². The van der Waals surface area contributed by atoms with E-state index in [4.69, 9.17) is 20.8 Å². The van der Waals surface area contributed by atoms with Crippen LogP contribution in [0.5, 0.6) is 0 Å². The minimum atomic E-state index is -1.10. The van der Waals surface area contributed by atoms with E-state index in [9.17, 15) is 9.82 Å². The van der Waals surface area contributed by atoms with Gasteiger partial charge in [-0.05, 0) is 69.0 Å². The Morgan fingerprint density at radius 2 is 1.97 bits per heavy atom. The van der Waals surface area contributed by atoms with E-state index in [1.54, 1.807) is 18.3 Å². The van der Waals surface area contributed by atoms with Gasteiger partial charge in [-0.1, -0.05) is 29.8 Å². The summed E-state index contributed by atoms with van der Waals surface area (Å²) in [6.45, 7) is 5.89. The van der Waals surface area contributed by atoms with Crippen molar-refractivity contribution in [3.05, 3.63) is 85.9 Å². The van der Waals surface area contributed by atoms with Crippen LogP contribution in [0.4, 0.5) is 5.69 Å². The number of benzene rings is 2. The van der Waals surface area contributed by atoms with Gasteiger partial charge in [0.1, 0.15) is 16.5 Å². The maximum atomic E-state index is 13.2. The van der Waals surface area contributed by atoms with Gasteiger partial charge in [0.2, 0.25) is 0 Å². The van der Waals surface area contributed by atoms with Gasteiger partial charge in [0.05, 0.1) is 29.0 Å². The molecule has 1 saturated carbocycles. The summed E-state index contributed by atoms with van der Waals surface area (Å²) >= 11 is 6.30. The number of hydrogen-bond donors (Lipinski definition) is 2. The lowest BCUT2D eigenvalue weighted by atomic mass is 9.75. The molecule has 6 rings (SSSR count). The molecule has 186 valence electrons. The Morgan fingerprint density at radius 1 is 1.16 bits per heavy atom. The molecule has 0 bridgehead atoms. The van der Waals surface area contributed by atoms with Crippen LogP contribution in [0.3, 0.4) is 0 Å². The molecule has 1 aliphatic heterocycles. The first-order chi connectivity index (χ1) is 17.8. The summed E-state index contributed by atoms with van der Waals surface area (Å²) in [5.41, 5.74) is 6.89. The van der Waals surface area contributed by atoms with Crippen molar-refractivity contribution >= 4 is 47.1 Å². The first kappa shape index (κ1) is 23.8. The summed E-state index contributed by atoms with van der Waals surface area (Å²) in [5, 5.41) is 18.4. The molecule has 2 aromatic heterocycles. The highest BCUT2D eigenvalue weighted by atomic mass is 35.5. The van der Waals surface area contributed by atoms with E-state index in [0.29, 0.717) is 38.8 Å². The third kappa shape index (κ3) is 4.30. The molecule has 1 aliphatic carbocycles. The van der Waals surface area contributed by atoms with E-state index in [1.807, 2.05) is 45.0 Å². The van der Waals surface area contributed by atoms with Crippen LogP contribution in [0.25, 0.3) is 22.2 Å². The monoisotopic (exact) mass is 513 g/mol. The highest BCUT2D eigenvalue weighted by Gasteiger charge is 2.30. The summed E-state index contributed by atoms with van der Waals surface area (Å²) in [6.07, 6.45) is 3.67. The molecule has 0 spiro atoms. The maximum Gasteiger partial charge on any atom is 0.583 e. The van der Waals surface area contributed by atoms with Crippen molar-refractivity contribution in [3.63, 3.8) is 0 Å². The Morgan fingerprint density at radius 3 is 2.76 bits per heavy atom. The summed E-state index contributed by atoms with van der Waals surface area (Å²) in [6, 6.07) is 13.0. The molecule has 37 heavy (non-hydrogen) atoms. The summed E-state index contributed by atoms with van der Waals surface area (Å²) < 4.78 is 11.3. The van der Waals surface area contributed by atoms with Crippen LogP contribution in [0.2, 0.25) is 5.15 Å². The Hall–Kier alpha value is -3.62. The summed E-state index contributed by atoms with van der Waals surface area (Å²) in [4.78, 5) is 17.8. The van der Waals surface area contributed by atoms with E-state index >= 15 is 0 Å². The molecule has 0 saturated heterocycles. The second-order valence-corrected chi connectivity index (χ2v) is 10.2. The number of rotatable bonds is 5. The average Bonchev–Trinajstić information content (AvgIpc) is 3.72. The van der Waals surface area contributed by atoms with Crippen molar-refractivity contribution in [1.82, 2.24) is 4.98 Å². The van der Waals surface area contributed by atoms with Gasteiger partial charge in [-0.25, -0.2) is 4.98 Å². The standard InChI is InChI=1S/C28H25BClN3O4/c1-14-10-20(28-21(11-14)26(34)15(2)27(36-28)17-4-5-17)16(3)32-23-8-9-24(30)33-25(23)18-6-7-22-19(12-18)13-31-37-29(22)35/h6-13,16-17,32,35H,4-5H2,1-3H3/t16-/m1/s1. The topological polar surface area (TPSA) is 97.0 Å². The normalized spacial score (nSPS) is 15.4. The van der Waals surface area contributed by atoms with Crippen molar-refractivity contribution in [2.24, 2.45) is 5.16 Å². The number of nitrogens with one attached hydrogen (secondary N) is 1. The number of aryl methyl sites for hydroxylation is 1. The predicted molar refractivity (Wildman–Crippen MR) is 147 cm³/mol. The fourth-order valence-corrected chi connectivity index (χ4v) is 5.13. The molecule has 0 amide bonds. The van der Waals surface area contributed by atoms with Crippen LogP contribution in [-0.2, 0) is 4.76 Å². The number of halogens is 1. The number of fused-ring (bicyclic) bond motifs is 2. The minimum absolute atomic E-state index is 0.0380. The van der Waals surface area contributed by atoms with E-state index in [0.717, 1.165) is 46.5 Å². The molecule has 0 unspecified atom stereocenters. The molecule has 1 fully saturated rings. The Labute approximate surface area is 219 Å². The summed E-state index contributed by atoms with van der Waals surface area (Å²) in [5.74, 6) is 1.14. The first-order valence-electron chi connectivity index (χ1n) is 12.3. The third-order valence-electron chi connectivity index (χ3n) is 7.06.